The molecule has 0 fully saturated rings. The van der Waals surface area contributed by atoms with Gasteiger partial charge in [0.2, 0.25) is 0 Å². The first-order chi connectivity index (χ1) is 10.6. The summed E-state index contributed by atoms with van der Waals surface area (Å²) in [4.78, 5) is 18.1. The molecule has 22 heavy (non-hydrogen) atoms. The van der Waals surface area contributed by atoms with Crippen LogP contribution in [0.4, 0.5) is 10.8 Å². The molecular weight excluding hydrogens is 278 g/mol. The maximum Gasteiger partial charge on any atom is 0.325 e. The Bertz CT molecular complexity index is 684. The third-order valence-corrected chi connectivity index (χ3v) is 3.88. The molecular formula is C17H19N3O2. The van der Waals surface area contributed by atoms with Gasteiger partial charge in [0, 0.05) is 13.1 Å². The van der Waals surface area contributed by atoms with Gasteiger partial charge in [0.25, 0.3) is 0 Å². The predicted octanol–water partition coefficient (Wildman–Crippen LogP) is 3.61. The van der Waals surface area contributed by atoms with Gasteiger partial charge < -0.3 is 9.32 Å². The molecule has 2 aromatic rings. The lowest BCUT2D eigenvalue weighted by Crippen LogP contribution is -2.38. The van der Waals surface area contributed by atoms with Crippen LogP contribution in [-0.2, 0) is 0 Å². The van der Waals surface area contributed by atoms with E-state index in [2.05, 4.69) is 28.5 Å². The van der Waals surface area contributed by atoms with Gasteiger partial charge in [0.05, 0.1) is 5.69 Å². The van der Waals surface area contributed by atoms with E-state index in [1.54, 1.807) is 4.90 Å². The Labute approximate surface area is 129 Å². The molecule has 114 valence electrons. The Morgan fingerprint density at radius 1 is 1.27 bits per heavy atom. The second-order valence-corrected chi connectivity index (χ2v) is 5.38. The fourth-order valence-electron chi connectivity index (χ4n) is 2.46. The zero-order chi connectivity index (χ0) is 15.5. The average molecular weight is 297 g/mol. The van der Waals surface area contributed by atoms with Crippen LogP contribution < -0.4 is 5.32 Å². The van der Waals surface area contributed by atoms with Crippen LogP contribution in [-0.4, -0.2) is 29.0 Å². The van der Waals surface area contributed by atoms with Crippen LogP contribution >= 0.6 is 0 Å². The molecule has 2 amide bonds. The van der Waals surface area contributed by atoms with Gasteiger partial charge in [-0.3, -0.25) is 5.32 Å². The molecule has 1 aromatic heterocycles. The number of nitrogens with zero attached hydrogens (tertiary/aromatic N) is 2. The number of hydrogen-bond acceptors (Lipinski definition) is 3. The molecule has 0 atom stereocenters. The Balaban J connectivity index is 1.63. The first-order valence-corrected chi connectivity index (χ1v) is 7.38. The Hall–Kier alpha value is -2.56. The number of anilines is 1. The molecule has 1 aliphatic heterocycles. The summed E-state index contributed by atoms with van der Waals surface area (Å²) >= 11 is 0. The maximum atomic E-state index is 12.2. The molecule has 0 bridgehead atoms. The third-order valence-electron chi connectivity index (χ3n) is 3.88. The van der Waals surface area contributed by atoms with Crippen molar-refractivity contribution in [3.63, 3.8) is 0 Å². The van der Waals surface area contributed by atoms with Crippen molar-refractivity contribution in [1.82, 2.24) is 9.88 Å². The Morgan fingerprint density at radius 2 is 2.05 bits per heavy atom. The minimum Gasteiger partial charge on any atom is -0.428 e. The van der Waals surface area contributed by atoms with E-state index in [1.165, 1.54) is 11.1 Å². The molecule has 1 aliphatic rings. The minimum atomic E-state index is -0.176. The number of aromatic nitrogens is 1. The number of carbonyl (C=O) groups is 1. The zero-order valence-electron chi connectivity index (χ0n) is 12.8. The molecule has 5 heteroatoms. The number of urea groups is 1. The number of benzene rings is 1. The maximum absolute atomic E-state index is 12.2. The van der Waals surface area contributed by atoms with Crippen LogP contribution in [0.5, 0.6) is 0 Å². The van der Waals surface area contributed by atoms with Gasteiger partial charge in [-0.2, -0.15) is 4.98 Å². The summed E-state index contributed by atoms with van der Waals surface area (Å²) < 4.78 is 5.38. The lowest BCUT2D eigenvalue weighted by Gasteiger charge is -2.26. The van der Waals surface area contributed by atoms with Crippen molar-refractivity contribution in [3.8, 4) is 0 Å². The van der Waals surface area contributed by atoms with Gasteiger partial charge in [0.1, 0.15) is 5.76 Å². The molecule has 0 aliphatic carbocycles. The van der Waals surface area contributed by atoms with Crippen LogP contribution in [0.3, 0.4) is 0 Å². The van der Waals surface area contributed by atoms with E-state index in [4.69, 9.17) is 4.42 Å². The van der Waals surface area contributed by atoms with Crippen molar-refractivity contribution in [3.05, 3.63) is 53.4 Å². The van der Waals surface area contributed by atoms with E-state index in [0.717, 1.165) is 17.9 Å². The van der Waals surface area contributed by atoms with Crippen molar-refractivity contribution in [1.29, 1.82) is 0 Å². The van der Waals surface area contributed by atoms with Gasteiger partial charge in [-0.15, -0.1) is 0 Å². The SMILES string of the molecule is Cc1nc(NC(=O)N2CC=C(c3ccccc3)CC2)oc1C. The highest BCUT2D eigenvalue weighted by Crippen LogP contribution is 2.22. The first kappa shape index (κ1) is 14.4. The van der Waals surface area contributed by atoms with Crippen LogP contribution in [0.25, 0.3) is 5.57 Å². The molecule has 2 heterocycles. The van der Waals surface area contributed by atoms with Gasteiger partial charge in [-0.25, -0.2) is 4.79 Å². The number of amides is 2. The summed E-state index contributed by atoms with van der Waals surface area (Å²) in [6.45, 7) is 4.96. The quantitative estimate of drug-likeness (QED) is 0.921. The summed E-state index contributed by atoms with van der Waals surface area (Å²) in [6.07, 6.45) is 2.95. The Morgan fingerprint density at radius 3 is 2.64 bits per heavy atom. The highest BCUT2D eigenvalue weighted by atomic mass is 16.4. The predicted molar refractivity (Wildman–Crippen MR) is 85.6 cm³/mol. The van der Waals surface area contributed by atoms with Gasteiger partial charge in [-0.05, 0) is 31.4 Å². The van der Waals surface area contributed by atoms with Crippen LogP contribution in [0, 0.1) is 13.8 Å². The molecule has 0 spiro atoms. The van der Waals surface area contributed by atoms with Gasteiger partial charge in [-0.1, -0.05) is 36.4 Å². The lowest BCUT2D eigenvalue weighted by molar-refractivity contribution is 0.216. The van der Waals surface area contributed by atoms with Crippen molar-refractivity contribution < 1.29 is 9.21 Å². The van der Waals surface area contributed by atoms with E-state index in [1.807, 2.05) is 32.0 Å². The summed E-state index contributed by atoms with van der Waals surface area (Å²) in [6, 6.07) is 10.3. The largest absolute Gasteiger partial charge is 0.428 e. The van der Waals surface area contributed by atoms with Gasteiger partial charge in [0.15, 0.2) is 0 Å². The number of nitrogens with one attached hydrogen (secondary N) is 1. The van der Waals surface area contributed by atoms with Crippen molar-refractivity contribution in [2.24, 2.45) is 0 Å². The van der Waals surface area contributed by atoms with E-state index >= 15 is 0 Å². The molecule has 0 saturated carbocycles. The number of rotatable bonds is 2. The van der Waals surface area contributed by atoms with Crippen LogP contribution in [0.2, 0.25) is 0 Å². The Kier molecular flexibility index (Phi) is 3.96. The lowest BCUT2D eigenvalue weighted by atomic mass is 10.00. The number of carbonyl (C=O) groups excluding carboxylic acids is 1. The van der Waals surface area contributed by atoms with Crippen LogP contribution in [0.15, 0.2) is 40.8 Å². The highest BCUT2D eigenvalue weighted by Gasteiger charge is 2.19. The molecule has 5 nitrogen and oxygen atoms in total. The summed E-state index contributed by atoms with van der Waals surface area (Å²) in [5.74, 6) is 0.722. The van der Waals surface area contributed by atoms with E-state index in [0.29, 0.717) is 13.1 Å². The summed E-state index contributed by atoms with van der Waals surface area (Å²) in [5.41, 5.74) is 3.30. The topological polar surface area (TPSA) is 58.4 Å². The fourth-order valence-corrected chi connectivity index (χ4v) is 2.46. The second-order valence-electron chi connectivity index (χ2n) is 5.38. The summed E-state index contributed by atoms with van der Waals surface area (Å²) in [7, 11) is 0. The van der Waals surface area contributed by atoms with Crippen LogP contribution in [0.1, 0.15) is 23.4 Å². The second kappa shape index (κ2) is 6.05. The zero-order valence-corrected chi connectivity index (χ0v) is 12.8. The fraction of sp³-hybridized carbons (Fsp3) is 0.294. The van der Waals surface area contributed by atoms with Crippen molar-refractivity contribution >= 4 is 17.6 Å². The number of aryl methyl sites for hydroxylation is 2. The number of oxazole rings is 1. The smallest absolute Gasteiger partial charge is 0.325 e. The standard InChI is InChI=1S/C17H19N3O2/c1-12-13(2)22-16(18-12)19-17(21)20-10-8-15(9-11-20)14-6-4-3-5-7-14/h3-8H,9-11H2,1-2H3,(H,18,19,21). The van der Waals surface area contributed by atoms with E-state index < -0.39 is 0 Å². The molecule has 3 rings (SSSR count). The molecule has 0 unspecified atom stereocenters. The van der Waals surface area contributed by atoms with Gasteiger partial charge >= 0.3 is 12.0 Å². The highest BCUT2D eigenvalue weighted by molar-refractivity contribution is 5.88. The molecule has 1 aromatic carbocycles. The van der Waals surface area contributed by atoms with E-state index in [9.17, 15) is 4.79 Å². The normalized spacial score (nSPS) is 14.6. The third kappa shape index (κ3) is 3.03. The molecule has 0 radical (unpaired) electrons. The molecule has 0 saturated heterocycles. The summed E-state index contributed by atoms with van der Waals surface area (Å²) in [5, 5.41) is 2.71. The van der Waals surface area contributed by atoms with E-state index in [-0.39, 0.29) is 12.0 Å². The monoisotopic (exact) mass is 297 g/mol. The number of hydrogen-bond donors (Lipinski definition) is 1. The molecule has 1 N–H and O–H groups in total. The average Bonchev–Trinajstić information content (AvgIpc) is 2.86. The minimum absolute atomic E-state index is 0.176. The van der Waals surface area contributed by atoms with Crippen molar-refractivity contribution in [2.45, 2.75) is 20.3 Å². The first-order valence-electron chi connectivity index (χ1n) is 7.38. The van der Waals surface area contributed by atoms with Crippen molar-refractivity contribution in [2.75, 3.05) is 18.4 Å².